The summed E-state index contributed by atoms with van der Waals surface area (Å²) in [7, 11) is 0. The Morgan fingerprint density at radius 1 is 1.29 bits per heavy atom. The molecule has 0 aromatic heterocycles. The van der Waals surface area contributed by atoms with Crippen LogP contribution < -0.4 is 5.32 Å². The van der Waals surface area contributed by atoms with Gasteiger partial charge in [-0.15, -0.1) is 0 Å². The molecule has 1 heterocycles. The van der Waals surface area contributed by atoms with Crippen molar-refractivity contribution >= 4 is 0 Å². The van der Waals surface area contributed by atoms with E-state index in [1.54, 1.807) is 12.1 Å². The zero-order chi connectivity index (χ0) is 15.1. The highest BCUT2D eigenvalue weighted by molar-refractivity contribution is 5.19. The van der Waals surface area contributed by atoms with Crippen molar-refractivity contribution in [2.75, 3.05) is 13.2 Å². The lowest BCUT2D eigenvalue weighted by Crippen LogP contribution is -2.31. The van der Waals surface area contributed by atoms with Crippen LogP contribution in [0.25, 0.3) is 0 Å². The van der Waals surface area contributed by atoms with Gasteiger partial charge < -0.3 is 10.1 Å². The normalized spacial score (nSPS) is 23.4. The van der Waals surface area contributed by atoms with Crippen LogP contribution >= 0.6 is 0 Å². The Morgan fingerprint density at radius 2 is 2.05 bits per heavy atom. The summed E-state index contributed by atoms with van der Waals surface area (Å²) in [4.78, 5) is 0. The van der Waals surface area contributed by atoms with Crippen molar-refractivity contribution in [2.45, 2.75) is 58.1 Å². The number of rotatable bonds is 8. The summed E-state index contributed by atoms with van der Waals surface area (Å²) in [5.41, 5.74) is 1.19. The van der Waals surface area contributed by atoms with Gasteiger partial charge in [0.2, 0.25) is 0 Å². The molecule has 0 radical (unpaired) electrons. The van der Waals surface area contributed by atoms with Crippen LogP contribution in [0.3, 0.4) is 0 Å². The third-order valence-corrected chi connectivity index (χ3v) is 4.49. The fourth-order valence-corrected chi connectivity index (χ4v) is 3.16. The van der Waals surface area contributed by atoms with Crippen LogP contribution in [0.15, 0.2) is 24.3 Å². The number of halogens is 1. The largest absolute Gasteiger partial charge is 0.378 e. The van der Waals surface area contributed by atoms with Crippen molar-refractivity contribution in [1.29, 1.82) is 0 Å². The summed E-state index contributed by atoms with van der Waals surface area (Å²) in [5, 5.41) is 3.69. The molecule has 2 nitrogen and oxygen atoms in total. The van der Waals surface area contributed by atoms with Crippen LogP contribution in [0.5, 0.6) is 0 Å². The fraction of sp³-hybridized carbons (Fsp3) is 0.667. The van der Waals surface area contributed by atoms with E-state index in [1.807, 2.05) is 12.1 Å². The minimum Gasteiger partial charge on any atom is -0.378 e. The van der Waals surface area contributed by atoms with Gasteiger partial charge in [0.1, 0.15) is 5.82 Å². The Balaban J connectivity index is 1.94. The van der Waals surface area contributed by atoms with E-state index in [-0.39, 0.29) is 5.82 Å². The lowest BCUT2D eigenvalue weighted by Gasteiger charge is -2.23. The van der Waals surface area contributed by atoms with E-state index in [2.05, 4.69) is 19.2 Å². The Labute approximate surface area is 128 Å². The molecule has 0 bridgehead atoms. The Bertz CT molecular complexity index is 406. The van der Waals surface area contributed by atoms with Gasteiger partial charge in [-0.2, -0.15) is 0 Å². The predicted molar refractivity (Wildman–Crippen MR) is 84.8 cm³/mol. The first-order valence-corrected chi connectivity index (χ1v) is 8.35. The molecular weight excluding hydrogens is 265 g/mol. The van der Waals surface area contributed by atoms with E-state index in [0.717, 1.165) is 32.4 Å². The summed E-state index contributed by atoms with van der Waals surface area (Å²) in [6, 6.07) is 7.26. The highest BCUT2D eigenvalue weighted by Crippen LogP contribution is 2.25. The maximum Gasteiger partial charge on any atom is 0.123 e. The van der Waals surface area contributed by atoms with Crippen molar-refractivity contribution in [2.24, 2.45) is 5.92 Å². The highest BCUT2D eigenvalue weighted by Gasteiger charge is 2.27. The Hall–Kier alpha value is -0.930. The SMILES string of the molecule is CCCCC(NCC1CCOC1CC)c1ccc(F)cc1. The van der Waals surface area contributed by atoms with Crippen LogP contribution in [0.2, 0.25) is 0 Å². The smallest absolute Gasteiger partial charge is 0.123 e. The van der Waals surface area contributed by atoms with Crippen LogP contribution in [-0.4, -0.2) is 19.3 Å². The molecule has 1 aliphatic heterocycles. The van der Waals surface area contributed by atoms with Crippen LogP contribution in [0, 0.1) is 11.7 Å². The van der Waals surface area contributed by atoms with Crippen LogP contribution in [-0.2, 0) is 4.74 Å². The summed E-state index contributed by atoms with van der Waals surface area (Å²) >= 11 is 0. The molecular formula is C18H28FNO. The molecule has 0 amide bonds. The quantitative estimate of drug-likeness (QED) is 0.764. The minimum atomic E-state index is -0.164. The van der Waals surface area contributed by atoms with E-state index < -0.39 is 0 Å². The molecule has 118 valence electrons. The van der Waals surface area contributed by atoms with Gasteiger partial charge in [0, 0.05) is 19.2 Å². The standard InChI is InChI=1S/C18H28FNO/c1-3-5-6-17(14-7-9-16(19)10-8-14)20-13-15-11-12-21-18(15)4-2/h7-10,15,17-18,20H,3-6,11-13H2,1-2H3. The summed E-state index contributed by atoms with van der Waals surface area (Å²) < 4.78 is 18.9. The number of nitrogens with one attached hydrogen (secondary N) is 1. The molecule has 3 heteroatoms. The molecule has 1 aliphatic rings. The molecule has 1 saturated heterocycles. The maximum atomic E-state index is 13.1. The number of hydrogen-bond acceptors (Lipinski definition) is 2. The molecule has 0 spiro atoms. The van der Waals surface area contributed by atoms with E-state index >= 15 is 0 Å². The van der Waals surface area contributed by atoms with Gasteiger partial charge in [0.15, 0.2) is 0 Å². The van der Waals surface area contributed by atoms with E-state index in [0.29, 0.717) is 18.1 Å². The molecule has 2 rings (SSSR count). The molecule has 3 atom stereocenters. The lowest BCUT2D eigenvalue weighted by molar-refractivity contribution is 0.0865. The van der Waals surface area contributed by atoms with E-state index in [9.17, 15) is 4.39 Å². The third kappa shape index (κ3) is 4.79. The first-order valence-electron chi connectivity index (χ1n) is 8.35. The molecule has 1 aromatic carbocycles. The lowest BCUT2D eigenvalue weighted by atomic mass is 9.96. The van der Waals surface area contributed by atoms with Gasteiger partial charge in [0.25, 0.3) is 0 Å². The number of benzene rings is 1. The van der Waals surface area contributed by atoms with Crippen molar-refractivity contribution in [1.82, 2.24) is 5.32 Å². The van der Waals surface area contributed by atoms with Crippen LogP contribution in [0.4, 0.5) is 4.39 Å². The van der Waals surface area contributed by atoms with Gasteiger partial charge in [-0.1, -0.05) is 38.8 Å². The van der Waals surface area contributed by atoms with Crippen molar-refractivity contribution in [3.05, 3.63) is 35.6 Å². The minimum absolute atomic E-state index is 0.164. The topological polar surface area (TPSA) is 21.3 Å². The fourth-order valence-electron chi connectivity index (χ4n) is 3.16. The zero-order valence-electron chi connectivity index (χ0n) is 13.3. The van der Waals surface area contributed by atoms with Gasteiger partial charge in [-0.3, -0.25) is 0 Å². The van der Waals surface area contributed by atoms with Crippen LogP contribution in [0.1, 0.15) is 57.6 Å². The molecule has 0 saturated carbocycles. The number of hydrogen-bond donors (Lipinski definition) is 1. The Kier molecular flexibility index (Phi) is 6.65. The predicted octanol–water partition coefficient (Wildman–Crippen LogP) is 4.46. The van der Waals surface area contributed by atoms with Gasteiger partial charge in [-0.25, -0.2) is 4.39 Å². The summed E-state index contributed by atoms with van der Waals surface area (Å²) in [5.74, 6) is 0.447. The van der Waals surface area contributed by atoms with Gasteiger partial charge in [0.05, 0.1) is 6.10 Å². The molecule has 0 aliphatic carbocycles. The van der Waals surface area contributed by atoms with Crippen molar-refractivity contribution in [3.8, 4) is 0 Å². The summed E-state index contributed by atoms with van der Waals surface area (Å²) in [6.07, 6.45) is 6.11. The van der Waals surface area contributed by atoms with Gasteiger partial charge >= 0.3 is 0 Å². The van der Waals surface area contributed by atoms with Crippen molar-refractivity contribution in [3.63, 3.8) is 0 Å². The third-order valence-electron chi connectivity index (χ3n) is 4.49. The molecule has 1 N–H and O–H groups in total. The first-order chi connectivity index (χ1) is 10.2. The Morgan fingerprint density at radius 3 is 2.71 bits per heavy atom. The summed E-state index contributed by atoms with van der Waals surface area (Å²) in [6.45, 7) is 6.28. The number of unbranched alkanes of at least 4 members (excludes halogenated alkanes) is 1. The second-order valence-corrected chi connectivity index (χ2v) is 6.02. The van der Waals surface area contributed by atoms with E-state index in [1.165, 1.54) is 18.4 Å². The average molecular weight is 293 g/mol. The monoisotopic (exact) mass is 293 g/mol. The molecule has 1 fully saturated rings. The molecule has 3 unspecified atom stereocenters. The van der Waals surface area contributed by atoms with Crippen molar-refractivity contribution < 1.29 is 9.13 Å². The molecule has 1 aromatic rings. The second-order valence-electron chi connectivity index (χ2n) is 6.02. The second kappa shape index (κ2) is 8.50. The van der Waals surface area contributed by atoms with Gasteiger partial charge in [-0.05, 0) is 42.9 Å². The molecule has 21 heavy (non-hydrogen) atoms. The zero-order valence-corrected chi connectivity index (χ0v) is 13.3. The van der Waals surface area contributed by atoms with E-state index in [4.69, 9.17) is 4.74 Å². The maximum absolute atomic E-state index is 13.1. The highest BCUT2D eigenvalue weighted by atomic mass is 19.1. The average Bonchev–Trinajstić information content (AvgIpc) is 2.96. The first kappa shape index (κ1) is 16.4. The number of ether oxygens (including phenoxy) is 1.